The summed E-state index contributed by atoms with van der Waals surface area (Å²) in [6.45, 7) is 6.44. The summed E-state index contributed by atoms with van der Waals surface area (Å²) in [6, 6.07) is 0. The van der Waals surface area contributed by atoms with Gasteiger partial charge in [0.2, 0.25) is 0 Å². The fourth-order valence-electron chi connectivity index (χ4n) is 7.20. The number of hydrogen-bond donors (Lipinski definition) is 8. The highest BCUT2D eigenvalue weighted by Crippen LogP contribution is 2.28. The van der Waals surface area contributed by atoms with Gasteiger partial charge in [0, 0.05) is 13.1 Å². The van der Waals surface area contributed by atoms with Gasteiger partial charge in [-0.2, -0.15) is 0 Å². The molecule has 8 N–H and O–H groups in total. The highest BCUT2D eigenvalue weighted by Gasteiger charge is 2.49. The quantitative estimate of drug-likeness (QED) is 0.0428. The first-order chi connectivity index (χ1) is 24.8. The fourth-order valence-corrected chi connectivity index (χ4v) is 7.20. The Kier molecular flexibility index (Phi) is 27.4. The SMILES string of the molecule is CCCCCCCCCCCCCCNC[C@H]1O[C@H](O[C@H]2O[C@H](CNCCCCCCCCCCCCCC)[C@@H](O)[C@H](O)[C@H]2O)[C@H](O)[C@@H](O)[C@@H]1O. The van der Waals surface area contributed by atoms with Crippen LogP contribution in [-0.2, 0) is 14.2 Å². The zero-order chi connectivity index (χ0) is 37.1. The van der Waals surface area contributed by atoms with Crippen LogP contribution in [0.4, 0.5) is 0 Å². The number of aliphatic hydroxyl groups is 6. The standard InChI is InChI=1S/C40H80N2O9/c1-3-5-7-9-11-13-15-17-19-21-23-25-27-41-29-31-33(43)35(45)37(47)39(49-31)51-40-38(48)36(46)34(44)32(50-40)30-42-28-26-24-22-20-18-16-14-12-10-8-6-4-2/h31-48H,3-30H2,1-2H3/t31-,32-,33-,34-,35+,36+,37-,38-,39-,40-/m1/s1. The Morgan fingerprint density at radius 1 is 0.373 bits per heavy atom. The number of hydrogen-bond acceptors (Lipinski definition) is 11. The molecule has 11 heteroatoms. The van der Waals surface area contributed by atoms with Gasteiger partial charge in [0.1, 0.15) is 48.8 Å². The van der Waals surface area contributed by atoms with Crippen LogP contribution in [0.15, 0.2) is 0 Å². The second kappa shape index (κ2) is 29.9. The fraction of sp³-hybridized carbons (Fsp3) is 1.00. The molecule has 2 heterocycles. The third-order valence-electron chi connectivity index (χ3n) is 10.7. The molecule has 0 radical (unpaired) electrons. The molecule has 0 bridgehead atoms. The van der Waals surface area contributed by atoms with Crippen molar-refractivity contribution >= 4 is 0 Å². The Hall–Kier alpha value is -0.440. The van der Waals surface area contributed by atoms with E-state index in [9.17, 15) is 30.6 Å². The second-order valence-corrected chi connectivity index (χ2v) is 15.4. The molecule has 0 aromatic carbocycles. The van der Waals surface area contributed by atoms with E-state index >= 15 is 0 Å². The van der Waals surface area contributed by atoms with Gasteiger partial charge in [0.05, 0.1) is 0 Å². The maximum absolute atomic E-state index is 10.6. The lowest BCUT2D eigenvalue weighted by Crippen LogP contribution is -2.64. The molecule has 0 aromatic rings. The minimum Gasteiger partial charge on any atom is -0.388 e. The molecular weight excluding hydrogens is 652 g/mol. The lowest BCUT2D eigenvalue weighted by Gasteiger charge is -2.45. The van der Waals surface area contributed by atoms with Gasteiger partial charge in [-0.05, 0) is 25.9 Å². The molecule has 2 saturated heterocycles. The maximum Gasteiger partial charge on any atom is 0.189 e. The third kappa shape index (κ3) is 19.6. The molecule has 0 unspecified atom stereocenters. The van der Waals surface area contributed by atoms with Gasteiger partial charge in [0.25, 0.3) is 0 Å². The van der Waals surface area contributed by atoms with Crippen molar-refractivity contribution in [1.82, 2.24) is 10.6 Å². The van der Waals surface area contributed by atoms with Crippen molar-refractivity contribution in [3.63, 3.8) is 0 Å². The number of nitrogens with one attached hydrogen (secondary N) is 2. The molecule has 11 nitrogen and oxygen atoms in total. The number of aliphatic hydroxyl groups excluding tert-OH is 6. The highest BCUT2D eigenvalue weighted by molar-refractivity contribution is 4.93. The molecule has 2 aliphatic heterocycles. The predicted octanol–water partition coefficient (Wildman–Crippen LogP) is 5.20. The normalized spacial score (nSPS) is 29.9. The molecule has 51 heavy (non-hydrogen) atoms. The van der Waals surface area contributed by atoms with Gasteiger partial charge >= 0.3 is 0 Å². The Balaban J connectivity index is 1.62. The molecule has 2 fully saturated rings. The van der Waals surface area contributed by atoms with E-state index in [2.05, 4.69) is 24.5 Å². The van der Waals surface area contributed by atoms with Gasteiger partial charge in [-0.25, -0.2) is 0 Å². The van der Waals surface area contributed by atoms with Crippen LogP contribution in [0.25, 0.3) is 0 Å². The lowest BCUT2D eigenvalue weighted by molar-refractivity contribution is -0.372. The molecule has 304 valence electrons. The van der Waals surface area contributed by atoms with Gasteiger partial charge < -0.3 is 55.5 Å². The van der Waals surface area contributed by atoms with E-state index in [0.717, 1.165) is 38.8 Å². The Morgan fingerprint density at radius 3 is 0.941 bits per heavy atom. The number of ether oxygens (including phenoxy) is 3. The van der Waals surface area contributed by atoms with Gasteiger partial charge in [-0.15, -0.1) is 0 Å². The predicted molar refractivity (Wildman–Crippen MR) is 202 cm³/mol. The summed E-state index contributed by atoms with van der Waals surface area (Å²) in [5, 5.41) is 70.0. The molecule has 2 rings (SSSR count). The third-order valence-corrected chi connectivity index (χ3v) is 10.7. The highest BCUT2D eigenvalue weighted by atomic mass is 16.8. The van der Waals surface area contributed by atoms with Crippen molar-refractivity contribution in [3.8, 4) is 0 Å². The summed E-state index contributed by atoms with van der Waals surface area (Å²) in [7, 11) is 0. The number of rotatable bonds is 32. The van der Waals surface area contributed by atoms with Gasteiger partial charge in [-0.3, -0.25) is 0 Å². The first-order valence-electron chi connectivity index (χ1n) is 21.3. The first-order valence-corrected chi connectivity index (χ1v) is 21.3. The molecule has 10 atom stereocenters. The molecule has 0 spiro atoms. The van der Waals surface area contributed by atoms with E-state index < -0.39 is 61.4 Å². The monoisotopic (exact) mass is 733 g/mol. The van der Waals surface area contributed by atoms with Crippen molar-refractivity contribution in [2.75, 3.05) is 26.2 Å². The van der Waals surface area contributed by atoms with E-state index in [-0.39, 0.29) is 13.1 Å². The van der Waals surface area contributed by atoms with Crippen LogP contribution in [0.3, 0.4) is 0 Å². The van der Waals surface area contributed by atoms with Crippen molar-refractivity contribution in [2.45, 2.75) is 229 Å². The van der Waals surface area contributed by atoms with E-state index in [4.69, 9.17) is 14.2 Å². The summed E-state index contributed by atoms with van der Waals surface area (Å²) in [4.78, 5) is 0. The van der Waals surface area contributed by atoms with Crippen LogP contribution >= 0.6 is 0 Å². The molecule has 0 aliphatic carbocycles. The van der Waals surface area contributed by atoms with Crippen molar-refractivity contribution in [1.29, 1.82) is 0 Å². The minimum atomic E-state index is -1.60. The van der Waals surface area contributed by atoms with E-state index in [0.29, 0.717) is 0 Å². The Bertz CT molecular complexity index is 737. The van der Waals surface area contributed by atoms with Crippen LogP contribution in [0.5, 0.6) is 0 Å². The van der Waals surface area contributed by atoms with Crippen LogP contribution in [0, 0.1) is 0 Å². The topological polar surface area (TPSA) is 173 Å². The average Bonchev–Trinajstić information content (AvgIpc) is 3.13. The van der Waals surface area contributed by atoms with Crippen LogP contribution in [0.2, 0.25) is 0 Å². The summed E-state index contributed by atoms with van der Waals surface area (Å²) in [6.07, 6.45) is 16.9. The Labute approximate surface area is 310 Å². The van der Waals surface area contributed by atoms with Gasteiger partial charge in [0.15, 0.2) is 12.6 Å². The lowest BCUT2D eigenvalue weighted by atomic mass is 9.97. The molecular formula is C40H80N2O9. The summed E-state index contributed by atoms with van der Waals surface area (Å²) in [5.74, 6) is 0. The van der Waals surface area contributed by atoms with Crippen LogP contribution in [-0.4, -0.2) is 118 Å². The average molecular weight is 733 g/mol. The minimum absolute atomic E-state index is 0.240. The summed E-state index contributed by atoms with van der Waals surface area (Å²) in [5.41, 5.74) is 0. The second-order valence-electron chi connectivity index (χ2n) is 15.4. The Morgan fingerprint density at radius 2 is 0.647 bits per heavy atom. The number of unbranched alkanes of at least 4 members (excludes halogenated alkanes) is 22. The van der Waals surface area contributed by atoms with Crippen LogP contribution in [0.1, 0.15) is 168 Å². The zero-order valence-electron chi connectivity index (χ0n) is 32.5. The first kappa shape index (κ1) is 46.7. The molecule has 0 amide bonds. The van der Waals surface area contributed by atoms with Crippen molar-refractivity contribution in [3.05, 3.63) is 0 Å². The smallest absolute Gasteiger partial charge is 0.189 e. The van der Waals surface area contributed by atoms with E-state index in [1.807, 2.05) is 0 Å². The van der Waals surface area contributed by atoms with Crippen LogP contribution < -0.4 is 10.6 Å². The molecule has 0 saturated carbocycles. The largest absolute Gasteiger partial charge is 0.388 e. The van der Waals surface area contributed by atoms with E-state index in [1.54, 1.807) is 0 Å². The van der Waals surface area contributed by atoms with Gasteiger partial charge in [-0.1, -0.05) is 155 Å². The maximum atomic E-state index is 10.6. The molecule has 2 aliphatic rings. The molecule has 0 aromatic heterocycles. The zero-order valence-corrected chi connectivity index (χ0v) is 32.5. The summed E-state index contributed by atoms with van der Waals surface area (Å²) < 4.78 is 17.4. The van der Waals surface area contributed by atoms with E-state index in [1.165, 1.54) is 128 Å². The van der Waals surface area contributed by atoms with Crippen molar-refractivity contribution < 1.29 is 44.8 Å². The summed E-state index contributed by atoms with van der Waals surface area (Å²) >= 11 is 0. The van der Waals surface area contributed by atoms with Crippen molar-refractivity contribution in [2.24, 2.45) is 0 Å².